The van der Waals surface area contributed by atoms with Crippen molar-refractivity contribution in [1.29, 1.82) is 0 Å². The molecule has 3 rings (SSSR count). The van der Waals surface area contributed by atoms with E-state index < -0.39 is 0 Å². The first kappa shape index (κ1) is 11.2. The molecule has 0 atom stereocenters. The van der Waals surface area contributed by atoms with Crippen LogP contribution in [0.4, 0.5) is 0 Å². The number of rotatable bonds is 5. The fourth-order valence-electron chi connectivity index (χ4n) is 1.75. The summed E-state index contributed by atoms with van der Waals surface area (Å²) < 4.78 is 5.12. The first-order chi connectivity index (χ1) is 8.85. The third kappa shape index (κ3) is 2.51. The minimum atomic E-state index is 0.691. The van der Waals surface area contributed by atoms with E-state index in [0.717, 1.165) is 23.7 Å². The first-order valence-electron chi connectivity index (χ1n) is 6.14. The standard InChI is InChI=1S/C13H16N4O/c1-18-13-6-4-12(5-7-13)17-15-9-11(16-17)8-14-10-2-3-10/h4-7,9-10,14H,2-3,8H2,1H3. The molecule has 18 heavy (non-hydrogen) atoms. The normalized spacial score (nSPS) is 14.7. The van der Waals surface area contributed by atoms with Gasteiger partial charge < -0.3 is 10.1 Å². The van der Waals surface area contributed by atoms with Crippen molar-refractivity contribution >= 4 is 0 Å². The zero-order valence-corrected chi connectivity index (χ0v) is 10.3. The quantitative estimate of drug-likeness (QED) is 0.866. The molecule has 5 nitrogen and oxygen atoms in total. The Balaban J connectivity index is 1.70. The molecule has 1 saturated carbocycles. The predicted octanol–water partition coefficient (Wildman–Crippen LogP) is 1.53. The molecule has 5 heteroatoms. The van der Waals surface area contributed by atoms with Crippen LogP contribution in [-0.2, 0) is 6.54 Å². The lowest BCUT2D eigenvalue weighted by Crippen LogP contribution is -2.15. The van der Waals surface area contributed by atoms with E-state index >= 15 is 0 Å². The molecule has 0 unspecified atom stereocenters. The zero-order valence-electron chi connectivity index (χ0n) is 10.3. The van der Waals surface area contributed by atoms with E-state index in [0.29, 0.717) is 6.04 Å². The third-order valence-corrected chi connectivity index (χ3v) is 2.99. The van der Waals surface area contributed by atoms with Gasteiger partial charge in [-0.2, -0.15) is 15.0 Å². The molecular weight excluding hydrogens is 228 g/mol. The molecule has 0 bridgehead atoms. The van der Waals surface area contributed by atoms with Crippen molar-refractivity contribution in [1.82, 2.24) is 20.3 Å². The van der Waals surface area contributed by atoms with Gasteiger partial charge in [-0.1, -0.05) is 0 Å². The van der Waals surface area contributed by atoms with E-state index in [1.165, 1.54) is 12.8 Å². The Labute approximate surface area is 106 Å². The molecule has 0 spiro atoms. The lowest BCUT2D eigenvalue weighted by Gasteiger charge is -2.02. The maximum atomic E-state index is 5.12. The molecule has 1 aliphatic carbocycles. The van der Waals surface area contributed by atoms with E-state index in [4.69, 9.17) is 4.74 Å². The summed E-state index contributed by atoms with van der Waals surface area (Å²) >= 11 is 0. The monoisotopic (exact) mass is 244 g/mol. The lowest BCUT2D eigenvalue weighted by molar-refractivity contribution is 0.414. The minimum Gasteiger partial charge on any atom is -0.497 e. The number of benzene rings is 1. The highest BCUT2D eigenvalue weighted by atomic mass is 16.5. The number of hydrogen-bond donors (Lipinski definition) is 1. The topological polar surface area (TPSA) is 52.0 Å². The number of ether oxygens (including phenoxy) is 1. The zero-order chi connectivity index (χ0) is 12.4. The van der Waals surface area contributed by atoms with Crippen LogP contribution >= 0.6 is 0 Å². The van der Waals surface area contributed by atoms with Gasteiger partial charge in [0.05, 0.1) is 24.7 Å². The number of nitrogens with one attached hydrogen (secondary N) is 1. The van der Waals surface area contributed by atoms with Crippen LogP contribution in [0.3, 0.4) is 0 Å². The minimum absolute atomic E-state index is 0.691. The summed E-state index contributed by atoms with van der Waals surface area (Å²) in [7, 11) is 1.66. The molecule has 94 valence electrons. The van der Waals surface area contributed by atoms with Crippen LogP contribution in [0.1, 0.15) is 18.5 Å². The molecule has 1 aromatic heterocycles. The van der Waals surface area contributed by atoms with E-state index in [1.807, 2.05) is 24.3 Å². The fraction of sp³-hybridized carbons (Fsp3) is 0.385. The molecule has 0 aliphatic heterocycles. The predicted molar refractivity (Wildman–Crippen MR) is 67.8 cm³/mol. The van der Waals surface area contributed by atoms with Gasteiger partial charge in [0, 0.05) is 12.6 Å². The van der Waals surface area contributed by atoms with Gasteiger partial charge in [-0.15, -0.1) is 0 Å². The SMILES string of the molecule is COc1ccc(-n2ncc(CNC3CC3)n2)cc1. The highest BCUT2D eigenvalue weighted by molar-refractivity contribution is 5.35. The maximum absolute atomic E-state index is 5.12. The molecule has 2 aromatic rings. The Kier molecular flexibility index (Phi) is 2.98. The number of hydrogen-bond acceptors (Lipinski definition) is 4. The van der Waals surface area contributed by atoms with Crippen molar-refractivity contribution in [2.24, 2.45) is 0 Å². The van der Waals surface area contributed by atoms with Gasteiger partial charge in [0.15, 0.2) is 0 Å². The van der Waals surface area contributed by atoms with Crippen molar-refractivity contribution < 1.29 is 4.74 Å². The van der Waals surface area contributed by atoms with Crippen LogP contribution in [0.25, 0.3) is 5.69 Å². The number of methoxy groups -OCH3 is 1. The summed E-state index contributed by atoms with van der Waals surface area (Å²) in [5, 5.41) is 12.1. The summed E-state index contributed by atoms with van der Waals surface area (Å²) in [6.07, 6.45) is 4.37. The Hall–Kier alpha value is -1.88. The van der Waals surface area contributed by atoms with Gasteiger partial charge in [0.1, 0.15) is 5.75 Å². The smallest absolute Gasteiger partial charge is 0.119 e. The van der Waals surface area contributed by atoms with E-state index in [2.05, 4.69) is 15.5 Å². The molecule has 1 heterocycles. The van der Waals surface area contributed by atoms with Crippen molar-refractivity contribution in [2.45, 2.75) is 25.4 Å². The maximum Gasteiger partial charge on any atom is 0.119 e. The highest BCUT2D eigenvalue weighted by Crippen LogP contribution is 2.19. The molecule has 1 N–H and O–H groups in total. The van der Waals surface area contributed by atoms with Gasteiger partial charge in [0.25, 0.3) is 0 Å². The molecule has 0 radical (unpaired) electrons. The van der Waals surface area contributed by atoms with Crippen LogP contribution in [0.15, 0.2) is 30.5 Å². The van der Waals surface area contributed by atoms with Gasteiger partial charge in [-0.3, -0.25) is 0 Å². The van der Waals surface area contributed by atoms with Gasteiger partial charge in [-0.25, -0.2) is 0 Å². The van der Waals surface area contributed by atoms with Crippen LogP contribution in [0.2, 0.25) is 0 Å². The summed E-state index contributed by atoms with van der Waals surface area (Å²) in [5.41, 5.74) is 1.91. The largest absolute Gasteiger partial charge is 0.497 e. The highest BCUT2D eigenvalue weighted by Gasteiger charge is 2.20. The van der Waals surface area contributed by atoms with E-state index in [-0.39, 0.29) is 0 Å². The van der Waals surface area contributed by atoms with E-state index in [9.17, 15) is 0 Å². The van der Waals surface area contributed by atoms with Gasteiger partial charge in [0.2, 0.25) is 0 Å². The molecular formula is C13H16N4O. The van der Waals surface area contributed by atoms with Crippen LogP contribution in [0, 0.1) is 0 Å². The lowest BCUT2D eigenvalue weighted by atomic mass is 10.3. The second kappa shape index (κ2) is 4.78. The Bertz CT molecular complexity index is 516. The Morgan fingerprint density at radius 2 is 2.11 bits per heavy atom. The summed E-state index contributed by atoms with van der Waals surface area (Å²) in [6.45, 7) is 0.792. The Morgan fingerprint density at radius 3 is 2.78 bits per heavy atom. The van der Waals surface area contributed by atoms with Gasteiger partial charge in [-0.05, 0) is 37.1 Å². The van der Waals surface area contributed by atoms with Crippen molar-refractivity contribution in [2.75, 3.05) is 7.11 Å². The van der Waals surface area contributed by atoms with Crippen molar-refractivity contribution in [3.63, 3.8) is 0 Å². The van der Waals surface area contributed by atoms with Crippen molar-refractivity contribution in [3.05, 3.63) is 36.2 Å². The van der Waals surface area contributed by atoms with Crippen molar-refractivity contribution in [3.8, 4) is 11.4 Å². The average Bonchev–Trinajstić information content (AvgIpc) is 3.14. The van der Waals surface area contributed by atoms with E-state index in [1.54, 1.807) is 18.1 Å². The number of aromatic nitrogens is 3. The molecule has 1 aromatic carbocycles. The summed E-state index contributed by atoms with van der Waals surface area (Å²) in [6, 6.07) is 8.38. The Morgan fingerprint density at radius 1 is 1.33 bits per heavy atom. The number of nitrogens with zero attached hydrogens (tertiary/aromatic N) is 3. The van der Waals surface area contributed by atoms with Gasteiger partial charge >= 0.3 is 0 Å². The molecule has 1 fully saturated rings. The fourth-order valence-corrected chi connectivity index (χ4v) is 1.75. The third-order valence-electron chi connectivity index (χ3n) is 2.99. The molecule has 1 aliphatic rings. The van der Waals surface area contributed by atoms with Crippen LogP contribution < -0.4 is 10.1 Å². The van der Waals surface area contributed by atoms with Crippen LogP contribution in [0.5, 0.6) is 5.75 Å². The van der Waals surface area contributed by atoms with Crippen LogP contribution in [-0.4, -0.2) is 28.1 Å². The second-order valence-electron chi connectivity index (χ2n) is 4.48. The summed E-state index contributed by atoms with van der Waals surface area (Å²) in [4.78, 5) is 1.64. The average molecular weight is 244 g/mol. The second-order valence-corrected chi connectivity index (χ2v) is 4.48. The molecule has 0 saturated heterocycles. The summed E-state index contributed by atoms with van der Waals surface area (Å²) in [5.74, 6) is 0.835. The molecule has 0 amide bonds. The first-order valence-corrected chi connectivity index (χ1v) is 6.14.